The number of phenols is 4. The highest BCUT2D eigenvalue weighted by molar-refractivity contribution is 5.94. The molecule has 1 aromatic heterocycles. The first-order chi connectivity index (χ1) is 15.8. The number of ether oxygens (including phenoxy) is 1. The van der Waals surface area contributed by atoms with E-state index in [2.05, 4.69) is 5.32 Å². The summed E-state index contributed by atoms with van der Waals surface area (Å²) in [6, 6.07) is 10.7. The number of rotatable bonds is 3. The van der Waals surface area contributed by atoms with E-state index < -0.39 is 34.4 Å². The van der Waals surface area contributed by atoms with Crippen LogP contribution in [0.2, 0.25) is 0 Å². The van der Waals surface area contributed by atoms with Gasteiger partial charge >= 0.3 is 5.97 Å². The Balaban J connectivity index is 1.69. The molecule has 3 aromatic carbocycles. The van der Waals surface area contributed by atoms with E-state index in [-0.39, 0.29) is 33.6 Å². The Hall–Kier alpha value is -4.66. The van der Waals surface area contributed by atoms with Crippen LogP contribution >= 0.6 is 0 Å². The van der Waals surface area contributed by atoms with Gasteiger partial charge in [-0.3, -0.25) is 4.79 Å². The van der Waals surface area contributed by atoms with Gasteiger partial charge in [0.1, 0.15) is 22.5 Å². The summed E-state index contributed by atoms with van der Waals surface area (Å²) in [5.41, 5.74) is 1.17. The van der Waals surface area contributed by atoms with Crippen LogP contribution in [-0.2, 0) is 6.42 Å². The largest absolute Gasteiger partial charge is 0.508 e. The molecule has 0 fully saturated rings. The lowest BCUT2D eigenvalue weighted by molar-refractivity contribution is 0.0731. The highest BCUT2D eigenvalue weighted by Crippen LogP contribution is 2.38. The minimum absolute atomic E-state index is 0.119. The minimum Gasteiger partial charge on any atom is -0.508 e. The van der Waals surface area contributed by atoms with Gasteiger partial charge in [-0.15, -0.1) is 0 Å². The number of benzene rings is 3. The molecule has 0 atom stereocenters. The Labute approximate surface area is 185 Å². The topological polar surface area (TPSA) is 149 Å². The molecule has 9 heteroatoms. The second-order valence-electron chi connectivity index (χ2n) is 7.57. The van der Waals surface area contributed by atoms with Crippen LogP contribution in [0.25, 0.3) is 22.3 Å². The predicted octanol–water partition coefficient (Wildman–Crippen LogP) is 3.47. The van der Waals surface area contributed by atoms with Gasteiger partial charge in [-0.25, -0.2) is 4.79 Å². The Morgan fingerprint density at radius 1 is 0.939 bits per heavy atom. The summed E-state index contributed by atoms with van der Waals surface area (Å²) in [7, 11) is 0. The lowest BCUT2D eigenvalue weighted by Crippen LogP contribution is -2.16. The average molecular weight is 447 g/mol. The van der Waals surface area contributed by atoms with Gasteiger partial charge in [0.2, 0.25) is 11.2 Å². The molecule has 0 spiro atoms. The summed E-state index contributed by atoms with van der Waals surface area (Å²) >= 11 is 0. The van der Waals surface area contributed by atoms with Gasteiger partial charge in [0.25, 0.3) is 0 Å². The highest BCUT2D eigenvalue weighted by Gasteiger charge is 2.25. The van der Waals surface area contributed by atoms with Gasteiger partial charge < -0.3 is 34.9 Å². The fraction of sp³-hybridized carbons (Fsp3) is 0.0833. The summed E-state index contributed by atoms with van der Waals surface area (Å²) in [4.78, 5) is 26.2. The van der Waals surface area contributed by atoms with Crippen LogP contribution < -0.4 is 15.5 Å². The van der Waals surface area contributed by atoms with Crippen LogP contribution in [-0.4, -0.2) is 32.9 Å². The van der Waals surface area contributed by atoms with Gasteiger partial charge in [-0.05, 0) is 48.4 Å². The number of fused-ring (bicyclic) bond motifs is 2. The fourth-order valence-corrected chi connectivity index (χ4v) is 3.80. The van der Waals surface area contributed by atoms with E-state index in [4.69, 9.17) is 9.15 Å². The summed E-state index contributed by atoms with van der Waals surface area (Å²) in [6.45, 7) is 0.753. The first-order valence-corrected chi connectivity index (χ1v) is 9.96. The van der Waals surface area contributed by atoms with Gasteiger partial charge in [0, 0.05) is 29.9 Å². The maximum atomic E-state index is 13.3. The molecule has 0 bridgehead atoms. The normalized spacial score (nSPS) is 12.4. The molecule has 0 amide bonds. The second-order valence-corrected chi connectivity index (χ2v) is 7.57. The number of carbonyl (C=O) groups excluding carboxylic acids is 1. The smallest absolute Gasteiger partial charge is 0.343 e. The molecular weight excluding hydrogens is 430 g/mol. The maximum absolute atomic E-state index is 13.3. The predicted molar refractivity (Wildman–Crippen MR) is 118 cm³/mol. The Kier molecular flexibility index (Phi) is 4.59. The molecule has 5 rings (SSSR count). The van der Waals surface area contributed by atoms with Gasteiger partial charge in [-0.2, -0.15) is 0 Å². The van der Waals surface area contributed by atoms with E-state index >= 15 is 0 Å². The van der Waals surface area contributed by atoms with E-state index in [0.29, 0.717) is 0 Å². The number of aromatic hydroxyl groups is 4. The van der Waals surface area contributed by atoms with Crippen LogP contribution in [0.3, 0.4) is 0 Å². The number of nitrogens with one attached hydrogen (secondary N) is 1. The van der Waals surface area contributed by atoms with Crippen molar-refractivity contribution < 1.29 is 34.4 Å². The Morgan fingerprint density at radius 2 is 1.76 bits per heavy atom. The molecule has 166 valence electrons. The standard InChI is InChI=1S/C24H17NO8/c26-14-9-18(29)20-19(10-14)32-22(12-2-4-16(27)17(28)8-12)23(21(20)30)33-24(31)13-1-3-15-11(7-13)5-6-25-15/h1-4,7-10,25-29H,5-6H2. The summed E-state index contributed by atoms with van der Waals surface area (Å²) < 4.78 is 11.2. The van der Waals surface area contributed by atoms with Gasteiger partial charge in [-0.1, -0.05) is 0 Å². The number of carbonyl (C=O) groups is 1. The molecule has 0 saturated heterocycles. The molecule has 2 heterocycles. The fourth-order valence-electron chi connectivity index (χ4n) is 3.80. The zero-order valence-corrected chi connectivity index (χ0v) is 17.0. The second kappa shape index (κ2) is 7.49. The Bertz CT molecular complexity index is 1510. The molecule has 1 aliphatic rings. The lowest BCUT2D eigenvalue weighted by Gasteiger charge is -2.12. The first kappa shape index (κ1) is 20.3. The molecular formula is C24H17NO8. The third kappa shape index (κ3) is 3.45. The maximum Gasteiger partial charge on any atom is 0.343 e. The van der Waals surface area contributed by atoms with Crippen LogP contribution in [0.5, 0.6) is 28.7 Å². The van der Waals surface area contributed by atoms with Crippen LogP contribution in [0, 0.1) is 0 Å². The van der Waals surface area contributed by atoms with Gasteiger partial charge in [0.05, 0.1) is 5.56 Å². The van der Waals surface area contributed by atoms with Crippen LogP contribution in [0.15, 0.2) is 57.7 Å². The molecule has 0 radical (unpaired) electrons. The number of hydrogen-bond acceptors (Lipinski definition) is 9. The van der Waals surface area contributed by atoms with Crippen molar-refractivity contribution in [3.8, 4) is 40.1 Å². The molecule has 4 aromatic rings. The lowest BCUT2D eigenvalue weighted by atomic mass is 10.1. The van der Waals surface area contributed by atoms with E-state index in [9.17, 15) is 30.0 Å². The van der Waals surface area contributed by atoms with E-state index in [1.54, 1.807) is 18.2 Å². The average Bonchev–Trinajstić information content (AvgIpc) is 3.24. The van der Waals surface area contributed by atoms with E-state index in [1.165, 1.54) is 12.1 Å². The van der Waals surface area contributed by atoms with Gasteiger partial charge in [0.15, 0.2) is 17.3 Å². The monoisotopic (exact) mass is 447 g/mol. The van der Waals surface area contributed by atoms with Crippen molar-refractivity contribution in [1.29, 1.82) is 0 Å². The molecule has 1 aliphatic heterocycles. The first-order valence-electron chi connectivity index (χ1n) is 9.96. The van der Waals surface area contributed by atoms with Crippen LogP contribution in [0.4, 0.5) is 5.69 Å². The number of hydrogen-bond donors (Lipinski definition) is 5. The number of anilines is 1. The van der Waals surface area contributed by atoms with Crippen LogP contribution in [0.1, 0.15) is 15.9 Å². The van der Waals surface area contributed by atoms with Crippen molar-refractivity contribution in [1.82, 2.24) is 0 Å². The molecule has 9 nitrogen and oxygen atoms in total. The summed E-state index contributed by atoms with van der Waals surface area (Å²) in [5.74, 6) is -3.36. The highest BCUT2D eigenvalue weighted by atomic mass is 16.5. The van der Waals surface area contributed by atoms with Crippen molar-refractivity contribution in [2.75, 3.05) is 11.9 Å². The zero-order chi connectivity index (χ0) is 23.3. The van der Waals surface area contributed by atoms with Crippen molar-refractivity contribution in [3.05, 3.63) is 69.9 Å². The number of esters is 1. The number of phenolic OH excluding ortho intramolecular Hbond substituents is 4. The summed E-state index contributed by atoms with van der Waals surface area (Å²) in [5, 5.41) is 42.5. The summed E-state index contributed by atoms with van der Waals surface area (Å²) in [6.07, 6.45) is 0.740. The van der Waals surface area contributed by atoms with Crippen molar-refractivity contribution >= 4 is 22.6 Å². The van der Waals surface area contributed by atoms with E-state index in [0.717, 1.165) is 42.4 Å². The molecule has 33 heavy (non-hydrogen) atoms. The Morgan fingerprint density at radius 3 is 2.55 bits per heavy atom. The minimum atomic E-state index is -0.854. The quantitative estimate of drug-likeness (QED) is 0.235. The van der Waals surface area contributed by atoms with Crippen molar-refractivity contribution in [3.63, 3.8) is 0 Å². The molecule has 0 saturated carbocycles. The molecule has 5 N–H and O–H groups in total. The molecule has 0 aliphatic carbocycles. The third-order valence-electron chi connectivity index (χ3n) is 5.40. The third-order valence-corrected chi connectivity index (χ3v) is 5.40. The SMILES string of the molecule is O=C(Oc1c(-c2ccc(O)c(O)c2)oc2cc(O)cc(O)c2c1=O)c1ccc2c(c1)CCN2. The van der Waals surface area contributed by atoms with Crippen molar-refractivity contribution in [2.24, 2.45) is 0 Å². The van der Waals surface area contributed by atoms with Crippen molar-refractivity contribution in [2.45, 2.75) is 6.42 Å². The zero-order valence-electron chi connectivity index (χ0n) is 17.0. The van der Waals surface area contributed by atoms with E-state index in [1.807, 2.05) is 0 Å². The molecule has 0 unspecified atom stereocenters.